The van der Waals surface area contributed by atoms with Crippen LogP contribution >= 0.6 is 0 Å². The fourth-order valence-corrected chi connectivity index (χ4v) is 4.38. The van der Waals surface area contributed by atoms with Gasteiger partial charge in [-0.25, -0.2) is 4.39 Å². The van der Waals surface area contributed by atoms with Crippen LogP contribution in [0, 0.1) is 5.82 Å². The lowest BCUT2D eigenvalue weighted by Gasteiger charge is -2.35. The number of pyridine rings is 1. The lowest BCUT2D eigenvalue weighted by Crippen LogP contribution is -2.44. The summed E-state index contributed by atoms with van der Waals surface area (Å²) in [4.78, 5) is 30.6. The minimum absolute atomic E-state index is 0.233. The Bertz CT molecular complexity index is 1160. The van der Waals surface area contributed by atoms with Crippen molar-refractivity contribution in [3.63, 3.8) is 0 Å². The molecule has 0 unspecified atom stereocenters. The van der Waals surface area contributed by atoms with E-state index in [2.05, 4.69) is 15.2 Å². The van der Waals surface area contributed by atoms with E-state index in [1.165, 1.54) is 12.1 Å². The van der Waals surface area contributed by atoms with Gasteiger partial charge in [0.15, 0.2) is 0 Å². The molecule has 0 radical (unpaired) electrons. The Balaban J connectivity index is 1.75. The van der Waals surface area contributed by atoms with Gasteiger partial charge in [-0.1, -0.05) is 6.08 Å². The van der Waals surface area contributed by atoms with Gasteiger partial charge in [-0.2, -0.15) is 13.2 Å². The van der Waals surface area contributed by atoms with E-state index in [0.717, 1.165) is 44.1 Å². The van der Waals surface area contributed by atoms with E-state index < -0.39 is 34.6 Å². The maximum atomic E-state index is 15.2. The number of nitrogens with zero attached hydrogens (tertiary/aromatic N) is 2. The zero-order valence-corrected chi connectivity index (χ0v) is 18.8. The Morgan fingerprint density at radius 3 is 2.47 bits per heavy atom. The molecule has 0 bridgehead atoms. The van der Waals surface area contributed by atoms with Gasteiger partial charge in [0.2, 0.25) is 5.56 Å². The molecule has 10 heteroatoms. The number of H-pyrrole nitrogens is 1. The average Bonchev–Trinajstić information content (AvgIpc) is 2.80. The van der Waals surface area contributed by atoms with Crippen molar-refractivity contribution in [3.8, 4) is 0 Å². The van der Waals surface area contributed by atoms with Crippen LogP contribution in [0.25, 0.3) is 5.57 Å². The van der Waals surface area contributed by atoms with Crippen LogP contribution in [-0.4, -0.2) is 49.0 Å². The zero-order chi connectivity index (χ0) is 24.5. The number of likely N-dealkylation sites (N-methyl/N-ethyl adjacent to an activating group) is 1. The number of rotatable bonds is 4. The highest BCUT2D eigenvalue weighted by atomic mass is 19.4. The third-order valence-electron chi connectivity index (χ3n) is 6.29. The van der Waals surface area contributed by atoms with Gasteiger partial charge in [0.1, 0.15) is 5.82 Å². The van der Waals surface area contributed by atoms with Gasteiger partial charge in [-0.05, 0) is 50.4 Å². The summed E-state index contributed by atoms with van der Waals surface area (Å²) in [5.74, 6) is -1.46. The van der Waals surface area contributed by atoms with E-state index >= 15 is 4.39 Å². The molecule has 2 heterocycles. The minimum Gasteiger partial charge on any atom is -0.367 e. The lowest BCUT2D eigenvalue weighted by atomic mass is 9.92. The Morgan fingerprint density at radius 1 is 1.09 bits per heavy atom. The fraction of sp³-hybridized carbons (Fsp3) is 0.417. The number of carbonyl (C=O) groups is 1. The normalized spacial score (nSPS) is 17.4. The van der Waals surface area contributed by atoms with Gasteiger partial charge in [-0.3, -0.25) is 9.59 Å². The summed E-state index contributed by atoms with van der Waals surface area (Å²) in [6.07, 6.45) is 1.28. The first kappa shape index (κ1) is 24.0. The number of piperazine rings is 1. The Labute approximate surface area is 194 Å². The van der Waals surface area contributed by atoms with Crippen molar-refractivity contribution >= 4 is 22.9 Å². The third-order valence-corrected chi connectivity index (χ3v) is 6.29. The number of amides is 1. The minimum atomic E-state index is -4.89. The van der Waals surface area contributed by atoms with Crippen molar-refractivity contribution in [3.05, 3.63) is 63.3 Å². The molecule has 0 spiro atoms. The average molecular weight is 478 g/mol. The molecule has 1 amide bonds. The molecule has 34 heavy (non-hydrogen) atoms. The van der Waals surface area contributed by atoms with Gasteiger partial charge >= 0.3 is 6.18 Å². The Kier molecular flexibility index (Phi) is 6.79. The highest BCUT2D eigenvalue weighted by Crippen LogP contribution is 2.37. The summed E-state index contributed by atoms with van der Waals surface area (Å²) in [7, 11) is 1.97. The van der Waals surface area contributed by atoms with Crippen LogP contribution in [0.3, 0.4) is 0 Å². The van der Waals surface area contributed by atoms with Crippen LogP contribution in [0.1, 0.15) is 47.2 Å². The van der Waals surface area contributed by atoms with Crippen LogP contribution in [0.15, 0.2) is 35.3 Å². The van der Waals surface area contributed by atoms with Crippen molar-refractivity contribution in [2.24, 2.45) is 0 Å². The van der Waals surface area contributed by atoms with Crippen LogP contribution in [0.4, 0.5) is 28.9 Å². The number of benzene rings is 1. The van der Waals surface area contributed by atoms with E-state index in [0.29, 0.717) is 36.8 Å². The predicted octanol–water partition coefficient (Wildman–Crippen LogP) is 4.49. The largest absolute Gasteiger partial charge is 0.417 e. The van der Waals surface area contributed by atoms with E-state index in [-0.39, 0.29) is 5.69 Å². The van der Waals surface area contributed by atoms with Crippen molar-refractivity contribution in [1.82, 2.24) is 9.88 Å². The summed E-state index contributed by atoms with van der Waals surface area (Å²) in [6.45, 7) is 2.60. The number of halogens is 4. The maximum absolute atomic E-state index is 15.2. The molecule has 1 aliphatic heterocycles. The number of alkyl halides is 3. The second kappa shape index (κ2) is 9.61. The van der Waals surface area contributed by atoms with E-state index in [1.807, 2.05) is 18.0 Å². The molecule has 2 N–H and O–H groups in total. The molecule has 0 atom stereocenters. The summed E-state index contributed by atoms with van der Waals surface area (Å²) >= 11 is 0. The van der Waals surface area contributed by atoms with Crippen molar-refractivity contribution in [2.75, 3.05) is 43.4 Å². The molecule has 182 valence electrons. The molecule has 0 saturated carbocycles. The first-order chi connectivity index (χ1) is 16.1. The van der Waals surface area contributed by atoms with E-state index in [4.69, 9.17) is 0 Å². The fourth-order valence-electron chi connectivity index (χ4n) is 4.38. The molecule has 1 saturated heterocycles. The first-order valence-corrected chi connectivity index (χ1v) is 11.2. The third kappa shape index (κ3) is 5.16. The smallest absolute Gasteiger partial charge is 0.367 e. The highest BCUT2D eigenvalue weighted by molar-refractivity contribution is 6.07. The van der Waals surface area contributed by atoms with Gasteiger partial charge in [0, 0.05) is 44.0 Å². The molecule has 1 fully saturated rings. The monoisotopic (exact) mass is 478 g/mol. The number of anilines is 2. The summed E-state index contributed by atoms with van der Waals surface area (Å²) in [5, 5.41) is 2.56. The highest BCUT2D eigenvalue weighted by Gasteiger charge is 2.36. The van der Waals surface area contributed by atoms with Gasteiger partial charge in [-0.15, -0.1) is 0 Å². The summed E-state index contributed by atoms with van der Waals surface area (Å²) in [5.41, 5.74) is -1.19. The number of nitrogens with one attached hydrogen (secondary N) is 2. The van der Waals surface area contributed by atoms with Crippen molar-refractivity contribution < 1.29 is 22.4 Å². The van der Waals surface area contributed by atoms with Crippen LogP contribution in [-0.2, 0) is 6.18 Å². The molecular formula is C24H26F4N4O2. The molecule has 6 nitrogen and oxygen atoms in total. The second-order valence-corrected chi connectivity index (χ2v) is 8.69. The summed E-state index contributed by atoms with van der Waals surface area (Å²) in [6, 6.07) is 3.22. The summed E-state index contributed by atoms with van der Waals surface area (Å²) < 4.78 is 55.7. The van der Waals surface area contributed by atoms with E-state index in [1.54, 1.807) is 0 Å². The number of hydrogen-bond acceptors (Lipinski definition) is 4. The number of allylic oxidation sites excluding steroid dienone is 2. The number of carbonyl (C=O) groups excluding carboxylic acids is 1. The Morgan fingerprint density at radius 2 is 1.82 bits per heavy atom. The molecular weight excluding hydrogens is 452 g/mol. The lowest BCUT2D eigenvalue weighted by molar-refractivity contribution is -0.138. The zero-order valence-electron chi connectivity index (χ0n) is 18.8. The van der Waals surface area contributed by atoms with Crippen molar-refractivity contribution in [2.45, 2.75) is 31.9 Å². The molecule has 1 aromatic carbocycles. The Hall–Kier alpha value is -3.14. The topological polar surface area (TPSA) is 68.4 Å². The van der Waals surface area contributed by atoms with Gasteiger partial charge in [0.25, 0.3) is 5.91 Å². The number of hydrogen-bond donors (Lipinski definition) is 2. The van der Waals surface area contributed by atoms with Crippen LogP contribution in [0.5, 0.6) is 0 Å². The van der Waals surface area contributed by atoms with Crippen molar-refractivity contribution in [1.29, 1.82) is 0 Å². The molecule has 2 aliphatic rings. The SMILES string of the molecule is CN1CCN(c2cc(F)c(C3=CCCCC3)cc2NC(=O)c2c[nH]c(=O)cc2C(F)(F)F)CC1. The molecule has 1 aliphatic carbocycles. The quantitative estimate of drug-likeness (QED) is 0.636. The second-order valence-electron chi connectivity index (χ2n) is 8.69. The van der Waals surface area contributed by atoms with Gasteiger partial charge < -0.3 is 20.1 Å². The van der Waals surface area contributed by atoms with Crippen LogP contribution in [0.2, 0.25) is 0 Å². The number of aromatic amines is 1. The molecule has 4 rings (SSSR count). The standard InChI is InChI=1S/C24H26F4N4O2/c1-31-7-9-32(10-8-31)21-13-19(25)16(15-5-3-2-4-6-15)11-20(21)30-23(34)17-14-29-22(33)12-18(17)24(26,27)28/h5,11-14H,2-4,6-10H2,1H3,(H,29,33)(H,30,34). The van der Waals surface area contributed by atoms with Gasteiger partial charge in [0.05, 0.1) is 22.5 Å². The van der Waals surface area contributed by atoms with E-state index in [9.17, 15) is 22.8 Å². The first-order valence-electron chi connectivity index (χ1n) is 11.2. The predicted molar refractivity (Wildman–Crippen MR) is 123 cm³/mol. The van der Waals surface area contributed by atoms with Crippen LogP contribution < -0.4 is 15.8 Å². The molecule has 1 aromatic heterocycles. The molecule has 2 aromatic rings. The number of aromatic nitrogens is 1. The maximum Gasteiger partial charge on any atom is 0.417 e.